The van der Waals surface area contributed by atoms with Crippen LogP contribution < -0.4 is 0 Å². The van der Waals surface area contributed by atoms with Crippen LogP contribution in [0.1, 0.15) is 33.4 Å². The number of benzene rings is 7. The molecular formula is C43H30. The molecule has 0 spiro atoms. The zero-order valence-electron chi connectivity index (χ0n) is 23.9. The van der Waals surface area contributed by atoms with Gasteiger partial charge in [0.05, 0.1) is 5.41 Å². The lowest BCUT2D eigenvalue weighted by Crippen LogP contribution is -2.28. The lowest BCUT2D eigenvalue weighted by Gasteiger charge is -2.34. The van der Waals surface area contributed by atoms with Gasteiger partial charge in [-0.05, 0) is 72.0 Å². The third-order valence-electron chi connectivity index (χ3n) is 9.15. The smallest absolute Gasteiger partial charge is 0.0713 e. The van der Waals surface area contributed by atoms with Crippen molar-refractivity contribution in [1.82, 2.24) is 0 Å². The maximum absolute atomic E-state index is 4.35. The molecule has 0 N–H and O–H groups in total. The first kappa shape index (κ1) is 25.3. The van der Waals surface area contributed by atoms with Crippen molar-refractivity contribution in [2.75, 3.05) is 0 Å². The summed E-state index contributed by atoms with van der Waals surface area (Å²) in [4.78, 5) is 0. The third-order valence-corrected chi connectivity index (χ3v) is 9.15. The fourth-order valence-corrected chi connectivity index (χ4v) is 7.11. The number of rotatable bonds is 5. The predicted octanol–water partition coefficient (Wildman–Crippen LogP) is 10.9. The molecule has 0 aromatic heterocycles. The largest absolute Gasteiger partial charge is 0.0906 e. The van der Waals surface area contributed by atoms with E-state index in [0.717, 1.165) is 16.7 Å². The molecule has 1 unspecified atom stereocenters. The van der Waals surface area contributed by atoms with Crippen LogP contribution in [-0.4, -0.2) is 0 Å². The second-order valence-electron chi connectivity index (χ2n) is 11.4. The van der Waals surface area contributed by atoms with Crippen LogP contribution in [0, 0.1) is 0 Å². The van der Waals surface area contributed by atoms with E-state index in [0.29, 0.717) is 0 Å². The highest BCUT2D eigenvalue weighted by Gasteiger charge is 2.46. The standard InChI is InChI=1S/C43H30/c1-30(31-12-4-2-5-13-31)32-20-22-33(23-21-32)34-24-27-37(28-25-34)43(36-15-6-3-7-16-36)40-19-11-10-18-39(40)42-38-17-9-8-14-35(38)26-29-41(42)43/h2-29H,1H2. The molecule has 43 heavy (non-hydrogen) atoms. The van der Waals surface area contributed by atoms with Crippen molar-refractivity contribution in [3.05, 3.63) is 210 Å². The SMILES string of the molecule is C=C(c1ccccc1)c1ccc(-c2ccc(C3(c4ccccc4)c4ccccc4-c4c3ccc3ccccc43)cc2)cc1. The van der Waals surface area contributed by atoms with Gasteiger partial charge in [-0.2, -0.15) is 0 Å². The average molecular weight is 547 g/mol. The van der Waals surface area contributed by atoms with Gasteiger partial charge in [0.25, 0.3) is 0 Å². The van der Waals surface area contributed by atoms with E-state index in [1.807, 2.05) is 6.07 Å². The normalized spacial score (nSPS) is 15.2. The summed E-state index contributed by atoms with van der Waals surface area (Å²) in [5.74, 6) is 0. The van der Waals surface area contributed by atoms with Gasteiger partial charge in [0.2, 0.25) is 0 Å². The van der Waals surface area contributed by atoms with Crippen molar-refractivity contribution in [3.8, 4) is 22.3 Å². The van der Waals surface area contributed by atoms with Gasteiger partial charge in [-0.15, -0.1) is 0 Å². The van der Waals surface area contributed by atoms with Gasteiger partial charge in [-0.25, -0.2) is 0 Å². The minimum absolute atomic E-state index is 0.410. The Balaban J connectivity index is 1.27. The van der Waals surface area contributed by atoms with Crippen LogP contribution in [0.25, 0.3) is 38.6 Å². The fraction of sp³-hybridized carbons (Fsp3) is 0.0233. The highest BCUT2D eigenvalue weighted by Crippen LogP contribution is 2.57. The minimum atomic E-state index is -0.410. The van der Waals surface area contributed by atoms with Crippen LogP contribution in [-0.2, 0) is 5.41 Å². The second kappa shape index (κ2) is 10.1. The van der Waals surface area contributed by atoms with Crippen molar-refractivity contribution in [1.29, 1.82) is 0 Å². The van der Waals surface area contributed by atoms with E-state index in [4.69, 9.17) is 0 Å². The first-order valence-corrected chi connectivity index (χ1v) is 14.9. The summed E-state index contributed by atoms with van der Waals surface area (Å²) in [6, 6.07) is 61.8. The lowest BCUT2D eigenvalue weighted by atomic mass is 9.67. The quantitative estimate of drug-likeness (QED) is 0.201. The maximum Gasteiger partial charge on any atom is 0.0713 e. The molecule has 202 valence electrons. The Kier molecular flexibility index (Phi) is 5.94. The molecule has 0 fully saturated rings. The van der Waals surface area contributed by atoms with Gasteiger partial charge in [-0.1, -0.05) is 176 Å². The number of hydrogen-bond donors (Lipinski definition) is 0. The first-order chi connectivity index (χ1) is 21.2. The molecule has 0 amide bonds. The molecule has 0 nitrogen and oxygen atoms in total. The summed E-state index contributed by atoms with van der Waals surface area (Å²) < 4.78 is 0. The van der Waals surface area contributed by atoms with Gasteiger partial charge < -0.3 is 0 Å². The molecule has 0 bridgehead atoms. The predicted molar refractivity (Wildman–Crippen MR) is 181 cm³/mol. The van der Waals surface area contributed by atoms with E-state index in [1.54, 1.807) is 0 Å². The Morgan fingerprint density at radius 3 is 1.72 bits per heavy atom. The summed E-state index contributed by atoms with van der Waals surface area (Å²) in [6.45, 7) is 4.35. The summed E-state index contributed by atoms with van der Waals surface area (Å²) in [5, 5.41) is 2.58. The maximum atomic E-state index is 4.35. The summed E-state index contributed by atoms with van der Waals surface area (Å²) >= 11 is 0. The molecular weight excluding hydrogens is 516 g/mol. The van der Waals surface area contributed by atoms with E-state index in [9.17, 15) is 0 Å². The Morgan fingerprint density at radius 2 is 0.977 bits per heavy atom. The van der Waals surface area contributed by atoms with E-state index >= 15 is 0 Å². The first-order valence-electron chi connectivity index (χ1n) is 14.9. The van der Waals surface area contributed by atoms with Crippen molar-refractivity contribution < 1.29 is 0 Å². The summed E-state index contributed by atoms with van der Waals surface area (Å²) in [7, 11) is 0. The van der Waals surface area contributed by atoms with E-state index < -0.39 is 5.41 Å². The third kappa shape index (κ3) is 3.91. The van der Waals surface area contributed by atoms with Gasteiger partial charge in [0.1, 0.15) is 0 Å². The van der Waals surface area contributed by atoms with Crippen molar-refractivity contribution in [2.45, 2.75) is 5.41 Å². The molecule has 1 aliphatic carbocycles. The Morgan fingerprint density at radius 1 is 0.419 bits per heavy atom. The van der Waals surface area contributed by atoms with Crippen LogP contribution in [0.15, 0.2) is 176 Å². The van der Waals surface area contributed by atoms with Gasteiger partial charge in [0, 0.05) is 0 Å². The second-order valence-corrected chi connectivity index (χ2v) is 11.4. The van der Waals surface area contributed by atoms with Crippen LogP contribution in [0.4, 0.5) is 0 Å². The number of fused-ring (bicyclic) bond motifs is 5. The average Bonchev–Trinajstić information content (AvgIpc) is 3.40. The Hall–Kier alpha value is -5.46. The Labute approximate surface area is 253 Å². The molecule has 7 aromatic rings. The molecule has 8 rings (SSSR count). The Bertz CT molecular complexity index is 2100. The molecule has 0 heterocycles. The van der Waals surface area contributed by atoms with Crippen molar-refractivity contribution in [2.24, 2.45) is 0 Å². The highest BCUT2D eigenvalue weighted by atomic mass is 14.5. The summed E-state index contributed by atoms with van der Waals surface area (Å²) in [6.07, 6.45) is 0. The zero-order chi connectivity index (χ0) is 28.8. The molecule has 0 aliphatic heterocycles. The van der Waals surface area contributed by atoms with Crippen LogP contribution in [0.3, 0.4) is 0 Å². The van der Waals surface area contributed by atoms with E-state index in [-0.39, 0.29) is 0 Å². The zero-order valence-corrected chi connectivity index (χ0v) is 23.9. The number of hydrogen-bond acceptors (Lipinski definition) is 0. The topological polar surface area (TPSA) is 0 Å². The molecule has 7 aromatic carbocycles. The molecule has 1 atom stereocenters. The van der Waals surface area contributed by atoms with Crippen LogP contribution >= 0.6 is 0 Å². The molecule has 0 radical (unpaired) electrons. The highest BCUT2D eigenvalue weighted by molar-refractivity contribution is 6.04. The molecule has 0 saturated carbocycles. The minimum Gasteiger partial charge on any atom is -0.0906 e. The van der Waals surface area contributed by atoms with E-state index in [2.05, 4.69) is 170 Å². The fourth-order valence-electron chi connectivity index (χ4n) is 7.11. The van der Waals surface area contributed by atoms with Crippen molar-refractivity contribution in [3.63, 3.8) is 0 Å². The molecule has 1 aliphatic rings. The van der Waals surface area contributed by atoms with Crippen molar-refractivity contribution >= 4 is 16.3 Å². The van der Waals surface area contributed by atoms with Crippen LogP contribution in [0.5, 0.6) is 0 Å². The van der Waals surface area contributed by atoms with Gasteiger partial charge >= 0.3 is 0 Å². The summed E-state index contributed by atoms with van der Waals surface area (Å²) in [5.41, 5.74) is 13.2. The van der Waals surface area contributed by atoms with Gasteiger partial charge in [-0.3, -0.25) is 0 Å². The van der Waals surface area contributed by atoms with Crippen LogP contribution in [0.2, 0.25) is 0 Å². The van der Waals surface area contributed by atoms with Gasteiger partial charge in [0.15, 0.2) is 0 Å². The molecule has 0 saturated heterocycles. The monoisotopic (exact) mass is 546 g/mol. The van der Waals surface area contributed by atoms with E-state index in [1.165, 1.54) is 55.3 Å². The lowest BCUT2D eigenvalue weighted by molar-refractivity contribution is 0.769. The molecule has 0 heteroatoms.